The number of nitrogens with zero attached hydrogens (tertiary/aromatic N) is 8. The topological polar surface area (TPSA) is 216 Å². The van der Waals surface area contributed by atoms with E-state index in [0.29, 0.717) is 145 Å². The molecule has 21 nitrogen and oxygen atoms in total. The Hall–Kier alpha value is -7.02. The largest absolute Gasteiger partial charge is 0.494 e. The molecule has 2 aromatic heterocycles. The van der Waals surface area contributed by atoms with Crippen molar-refractivity contribution in [3.63, 3.8) is 0 Å². The number of benzene rings is 4. The van der Waals surface area contributed by atoms with Gasteiger partial charge in [0.25, 0.3) is 0 Å². The molecule has 86 heavy (non-hydrogen) atoms. The number of unbranched alkanes of at least 4 members (excludes halogenated alkanes) is 1. The smallest absolute Gasteiger partial charge is 0.325 e. The minimum Gasteiger partial charge on any atom is -0.494 e. The van der Waals surface area contributed by atoms with Crippen LogP contribution < -0.4 is 25.4 Å². The molecule has 2 saturated heterocycles. The van der Waals surface area contributed by atoms with Crippen LogP contribution in [0.15, 0.2) is 115 Å². The Morgan fingerprint density at radius 2 is 1.42 bits per heavy atom. The molecule has 0 saturated carbocycles. The summed E-state index contributed by atoms with van der Waals surface area (Å²) in [5.74, 6) is 1.20. The Labute approximate surface area is 513 Å². The monoisotopic (exact) mass is 1220 g/mol. The number of hydrogen-bond acceptors (Lipinski definition) is 16. The van der Waals surface area contributed by atoms with Gasteiger partial charge in [-0.25, -0.2) is 14.5 Å². The van der Waals surface area contributed by atoms with E-state index in [9.17, 15) is 19.2 Å². The maximum absolute atomic E-state index is 14.3. The summed E-state index contributed by atoms with van der Waals surface area (Å²) < 4.78 is 36.7. The van der Waals surface area contributed by atoms with Crippen molar-refractivity contribution in [3.8, 4) is 11.5 Å². The van der Waals surface area contributed by atoms with Gasteiger partial charge >= 0.3 is 6.03 Å². The van der Waals surface area contributed by atoms with Gasteiger partial charge in [-0.05, 0) is 118 Å². The van der Waals surface area contributed by atoms with E-state index in [2.05, 4.69) is 48.1 Å². The number of rotatable bonds is 35. The summed E-state index contributed by atoms with van der Waals surface area (Å²) in [5, 5.41) is 19.9. The predicted molar refractivity (Wildman–Crippen MR) is 331 cm³/mol. The highest BCUT2D eigenvalue weighted by atomic mass is 35.5. The lowest BCUT2D eigenvalue weighted by Crippen LogP contribution is -2.50. The number of halogens is 1. The van der Waals surface area contributed by atoms with Gasteiger partial charge in [0.05, 0.1) is 70.6 Å². The van der Waals surface area contributed by atoms with Crippen molar-refractivity contribution in [2.45, 2.75) is 76.5 Å². The van der Waals surface area contributed by atoms with E-state index in [1.807, 2.05) is 89.8 Å². The van der Waals surface area contributed by atoms with Crippen molar-refractivity contribution in [1.29, 1.82) is 0 Å². The first-order chi connectivity index (χ1) is 42.0. The summed E-state index contributed by atoms with van der Waals surface area (Å²) in [6.45, 7) is 10.8. The van der Waals surface area contributed by atoms with Crippen LogP contribution in [0.25, 0.3) is 0 Å². The minimum absolute atomic E-state index is 0.0463. The maximum atomic E-state index is 14.3. The first-order valence-electron chi connectivity index (χ1n) is 29.7. The highest BCUT2D eigenvalue weighted by molar-refractivity contribution is 7.14. The number of nitrogens with one attached hydrogen (secondary N) is 3. The molecule has 4 heterocycles. The first-order valence-corrected chi connectivity index (χ1v) is 31.0. The summed E-state index contributed by atoms with van der Waals surface area (Å²) in [5.41, 5.74) is 4.80. The Balaban J connectivity index is 0.611. The van der Waals surface area contributed by atoms with Gasteiger partial charge in [0.2, 0.25) is 17.7 Å². The molecule has 5 amide bonds. The number of aryl methyl sites for hydroxylation is 1. The Morgan fingerprint density at radius 1 is 0.733 bits per heavy atom. The molecule has 3 N–H and O–H groups in total. The van der Waals surface area contributed by atoms with Crippen LogP contribution in [-0.2, 0) is 65.7 Å². The van der Waals surface area contributed by atoms with Crippen molar-refractivity contribution in [1.82, 2.24) is 44.9 Å². The fourth-order valence-corrected chi connectivity index (χ4v) is 10.7. The molecule has 0 aliphatic carbocycles. The number of aromatic nitrogens is 4. The second-order valence-corrected chi connectivity index (χ2v) is 22.6. The number of hydrogen-bond donors (Lipinski definition) is 3. The van der Waals surface area contributed by atoms with Crippen LogP contribution in [0.4, 0.5) is 15.6 Å². The van der Waals surface area contributed by atoms with Crippen LogP contribution in [0, 0.1) is 0 Å². The number of anilines is 2. The molecular weight excluding hydrogens is 1140 g/mol. The summed E-state index contributed by atoms with van der Waals surface area (Å²) in [7, 11) is 4.14. The zero-order valence-electron chi connectivity index (χ0n) is 49.5. The number of thiazole rings is 1. The first kappa shape index (κ1) is 65.0. The molecule has 6 aromatic rings. The van der Waals surface area contributed by atoms with Crippen molar-refractivity contribution in [3.05, 3.63) is 148 Å². The number of amides is 5. The molecule has 2 aliphatic rings. The number of carbonyl (C=O) groups is 4. The van der Waals surface area contributed by atoms with Crippen molar-refractivity contribution < 1.29 is 47.6 Å². The molecule has 23 heteroatoms. The van der Waals surface area contributed by atoms with E-state index in [1.54, 1.807) is 46.5 Å². The molecule has 0 radical (unpaired) electrons. The fourth-order valence-electron chi connectivity index (χ4n) is 9.82. The standard InChI is InChI=1S/C63H82ClN11O10S/c1-71(27-6-7-34-84-56-19-12-48(13-20-56)14-23-58(76)75(55-25-36-80-37-26-55)60(50-8-4-3-5-9-50)61(78)65-45-49-10-15-51(64)16-11-49)32-38-82-41-40-81-35-24-53-46-74(70-69-53)33-39-83-42-43-85-57-21-17-52(18-22-57)66-62(79)68-63-67-54(47-86-63)44-59(77)73-30-28-72(2)29-31-73/h3-5,8-13,15-22,46-47,55,60H,6-7,14,23-45H2,1-2H3,(H,65,78)(H2,66,67,68,79). The predicted octanol–water partition coefficient (Wildman–Crippen LogP) is 7.81. The molecule has 1 atom stereocenters. The van der Waals surface area contributed by atoms with Gasteiger partial charge in [-0.1, -0.05) is 71.4 Å². The average Bonchev–Trinajstić information content (AvgIpc) is 4.29. The Morgan fingerprint density at radius 3 is 2.17 bits per heavy atom. The molecule has 2 aliphatic heterocycles. The van der Waals surface area contributed by atoms with Gasteiger partial charge in [0.1, 0.15) is 24.1 Å². The van der Waals surface area contributed by atoms with Crippen LogP contribution in [0.5, 0.6) is 11.5 Å². The fraction of sp³-hybridized carbons (Fsp3) is 0.476. The van der Waals surface area contributed by atoms with Crippen molar-refractivity contribution in [2.24, 2.45) is 0 Å². The second-order valence-electron chi connectivity index (χ2n) is 21.3. The Kier molecular flexibility index (Phi) is 26.9. The molecule has 0 spiro atoms. The highest BCUT2D eigenvalue weighted by Crippen LogP contribution is 2.30. The van der Waals surface area contributed by atoms with Gasteiger partial charge in [-0.3, -0.25) is 19.7 Å². The van der Waals surface area contributed by atoms with Crippen LogP contribution >= 0.6 is 22.9 Å². The third-order valence-corrected chi connectivity index (χ3v) is 15.8. The maximum Gasteiger partial charge on any atom is 0.325 e. The van der Waals surface area contributed by atoms with Crippen LogP contribution in [-0.4, -0.2) is 189 Å². The normalized spacial score (nSPS) is 14.2. The Bertz CT molecular complexity index is 2960. The third kappa shape index (κ3) is 22.4. The van der Waals surface area contributed by atoms with E-state index in [4.69, 9.17) is 40.0 Å². The highest BCUT2D eigenvalue weighted by Gasteiger charge is 2.37. The van der Waals surface area contributed by atoms with Gasteiger partial charge in [0.15, 0.2) is 5.13 Å². The van der Waals surface area contributed by atoms with Gasteiger partial charge in [0, 0.05) is 93.7 Å². The number of ether oxygens (including phenoxy) is 6. The quantitative estimate of drug-likeness (QED) is 0.0324. The van der Waals surface area contributed by atoms with Crippen molar-refractivity contribution >= 4 is 57.5 Å². The third-order valence-electron chi connectivity index (χ3n) is 14.8. The number of likely N-dealkylation sites (N-methyl/N-ethyl adjacent to an activating group) is 2. The average molecular weight is 1220 g/mol. The van der Waals surface area contributed by atoms with Crippen LogP contribution in [0.2, 0.25) is 5.02 Å². The summed E-state index contributed by atoms with van der Waals surface area (Å²) >= 11 is 7.38. The lowest BCUT2D eigenvalue weighted by atomic mass is 9.97. The molecule has 1 unspecified atom stereocenters. The minimum atomic E-state index is -0.783. The van der Waals surface area contributed by atoms with Gasteiger partial charge in [-0.15, -0.1) is 16.4 Å². The molecule has 2 fully saturated rings. The number of carbonyl (C=O) groups excluding carboxylic acids is 4. The molecule has 0 bridgehead atoms. The van der Waals surface area contributed by atoms with Crippen LogP contribution in [0.1, 0.15) is 66.2 Å². The summed E-state index contributed by atoms with van der Waals surface area (Å²) in [6, 6.07) is 30.6. The summed E-state index contributed by atoms with van der Waals surface area (Å²) in [6.07, 6.45) is 6.78. The van der Waals surface area contributed by atoms with E-state index < -0.39 is 12.1 Å². The second kappa shape index (κ2) is 35.6. The zero-order chi connectivity index (χ0) is 60.1. The van der Waals surface area contributed by atoms with E-state index in [0.717, 1.165) is 67.2 Å². The van der Waals surface area contributed by atoms with Gasteiger partial charge in [-0.2, -0.15) is 0 Å². The zero-order valence-corrected chi connectivity index (χ0v) is 51.0. The van der Waals surface area contributed by atoms with Gasteiger partial charge < -0.3 is 58.7 Å². The van der Waals surface area contributed by atoms with E-state index >= 15 is 0 Å². The number of piperazine rings is 1. The lowest BCUT2D eigenvalue weighted by Gasteiger charge is -2.39. The van der Waals surface area contributed by atoms with Crippen molar-refractivity contribution in [2.75, 3.05) is 130 Å². The van der Waals surface area contributed by atoms with E-state index in [-0.39, 0.29) is 36.6 Å². The summed E-state index contributed by atoms with van der Waals surface area (Å²) in [4.78, 5) is 66.2. The number of urea groups is 1. The van der Waals surface area contributed by atoms with E-state index in [1.165, 1.54) is 11.3 Å². The molecule has 8 rings (SSSR count). The van der Waals surface area contributed by atoms with Crippen LogP contribution in [0.3, 0.4) is 0 Å². The lowest BCUT2D eigenvalue weighted by molar-refractivity contribution is -0.146. The SMILES string of the molecule is CN(CCCCOc1ccc(CCC(=O)N(C2CCOCC2)C(C(=O)NCc2ccc(Cl)cc2)c2ccccc2)cc1)CCOCCOCCc1cn(CCOCCOc2ccc(NC(=O)Nc3nc(CC(=O)N4CCN(C)CC4)cs3)cc2)nn1. The molecule has 4 aromatic carbocycles. The molecule has 462 valence electrons. The molecular formula is C63H82ClN11O10S.